The number of amides is 3. The number of nitrogen functional groups attached to an aromatic ring is 1. The molecule has 1 saturated heterocycles. The van der Waals surface area contributed by atoms with E-state index in [1.807, 2.05) is 25.3 Å². The third kappa shape index (κ3) is 7.90. The number of benzene rings is 2. The number of methoxy groups -OCH3 is 1. The predicted molar refractivity (Wildman–Crippen MR) is 164 cm³/mol. The number of anilines is 3. The molecule has 0 aliphatic carbocycles. The van der Waals surface area contributed by atoms with Crippen LogP contribution in [0, 0.1) is 6.92 Å². The summed E-state index contributed by atoms with van der Waals surface area (Å²) in [7, 11) is 3.31. The first-order valence-electron chi connectivity index (χ1n) is 14.0. The number of aromatic nitrogens is 1. The number of hydrogen-bond acceptors (Lipinski definition) is 7. The van der Waals surface area contributed by atoms with Gasteiger partial charge in [0.15, 0.2) is 11.5 Å². The molecule has 0 spiro atoms. The average molecular weight is 575 g/mol. The summed E-state index contributed by atoms with van der Waals surface area (Å²) in [5.74, 6) is 0.623. The summed E-state index contributed by atoms with van der Waals surface area (Å²) in [4.78, 5) is 43.1. The molecule has 0 saturated carbocycles. The van der Waals surface area contributed by atoms with Gasteiger partial charge in [-0.1, -0.05) is 0 Å². The molecule has 0 radical (unpaired) electrons. The van der Waals surface area contributed by atoms with Crippen LogP contribution in [0.4, 0.5) is 22.7 Å². The summed E-state index contributed by atoms with van der Waals surface area (Å²) in [5, 5.41) is 5.66. The molecule has 3 aromatic rings. The minimum atomic E-state index is -0.299. The second-order valence-corrected chi connectivity index (χ2v) is 10.3. The van der Waals surface area contributed by atoms with Gasteiger partial charge in [0.25, 0.3) is 5.91 Å². The quantitative estimate of drug-likeness (QED) is 0.124. The second kappa shape index (κ2) is 14.2. The van der Waals surface area contributed by atoms with Gasteiger partial charge in [0.2, 0.25) is 12.3 Å². The van der Waals surface area contributed by atoms with E-state index < -0.39 is 0 Å². The summed E-state index contributed by atoms with van der Waals surface area (Å²) >= 11 is 0. The molecule has 1 atom stereocenters. The van der Waals surface area contributed by atoms with Gasteiger partial charge in [-0.2, -0.15) is 0 Å². The van der Waals surface area contributed by atoms with Crippen LogP contribution in [-0.2, 0) is 16.6 Å². The van der Waals surface area contributed by atoms with Gasteiger partial charge in [-0.3, -0.25) is 19.4 Å². The maximum atomic E-state index is 12.7. The Hall–Kier alpha value is -4.80. The Morgan fingerprint density at radius 3 is 2.62 bits per heavy atom. The fraction of sp³-hybridized carbons (Fsp3) is 0.355. The van der Waals surface area contributed by atoms with E-state index in [1.54, 1.807) is 60.2 Å². The van der Waals surface area contributed by atoms with Crippen molar-refractivity contribution in [3.63, 3.8) is 0 Å². The number of rotatable bonds is 12. The second-order valence-electron chi connectivity index (χ2n) is 10.3. The largest absolute Gasteiger partial charge is 0.493 e. The van der Waals surface area contributed by atoms with Crippen LogP contribution in [0.1, 0.15) is 48.2 Å². The van der Waals surface area contributed by atoms with Crippen LogP contribution in [0.2, 0.25) is 0 Å². The van der Waals surface area contributed by atoms with Gasteiger partial charge in [-0.15, -0.1) is 0 Å². The zero-order chi connectivity index (χ0) is 30.1. The molecule has 11 heteroatoms. The third-order valence-corrected chi connectivity index (χ3v) is 7.09. The summed E-state index contributed by atoms with van der Waals surface area (Å²) < 4.78 is 13.1. The summed E-state index contributed by atoms with van der Waals surface area (Å²) in [6, 6.07) is 12.2. The van der Waals surface area contributed by atoms with Crippen molar-refractivity contribution in [2.45, 2.75) is 45.1 Å². The molecule has 1 fully saturated rings. The smallest absolute Gasteiger partial charge is 0.272 e. The monoisotopic (exact) mass is 574 g/mol. The van der Waals surface area contributed by atoms with Crippen LogP contribution in [0.5, 0.6) is 11.5 Å². The molecule has 0 unspecified atom stereocenters. The highest BCUT2D eigenvalue weighted by Gasteiger charge is 2.19. The number of nitrogens with zero attached hydrogens (tertiary/aromatic N) is 3. The Balaban J connectivity index is 1.29. The van der Waals surface area contributed by atoms with Gasteiger partial charge in [0, 0.05) is 49.9 Å². The summed E-state index contributed by atoms with van der Waals surface area (Å²) in [6.45, 7) is 2.98. The fourth-order valence-corrected chi connectivity index (χ4v) is 4.76. The molecule has 1 aliphatic rings. The molecule has 4 rings (SSSR count). The number of nitrogens with one attached hydrogen (secondary N) is 2. The highest BCUT2D eigenvalue weighted by molar-refractivity contribution is 6.04. The zero-order valence-corrected chi connectivity index (χ0v) is 24.3. The lowest BCUT2D eigenvalue weighted by Gasteiger charge is -2.29. The van der Waals surface area contributed by atoms with Crippen LogP contribution < -0.4 is 25.8 Å². The minimum absolute atomic E-state index is 0.0144. The van der Waals surface area contributed by atoms with E-state index in [-0.39, 0.29) is 24.3 Å². The van der Waals surface area contributed by atoms with Crippen molar-refractivity contribution >= 4 is 47.2 Å². The van der Waals surface area contributed by atoms with Crippen molar-refractivity contribution in [2.24, 2.45) is 12.0 Å². The van der Waals surface area contributed by atoms with Crippen molar-refractivity contribution < 1.29 is 23.9 Å². The molecular weight excluding hydrogens is 536 g/mol. The Morgan fingerprint density at radius 2 is 1.88 bits per heavy atom. The van der Waals surface area contributed by atoms with E-state index in [9.17, 15) is 14.4 Å². The van der Waals surface area contributed by atoms with E-state index >= 15 is 0 Å². The van der Waals surface area contributed by atoms with E-state index in [2.05, 4.69) is 15.6 Å². The fourth-order valence-electron chi connectivity index (χ4n) is 4.76. The first-order valence-corrected chi connectivity index (χ1v) is 14.0. The number of ether oxygens (including phenoxy) is 2. The van der Waals surface area contributed by atoms with Crippen LogP contribution in [-0.4, -0.2) is 60.2 Å². The molecule has 11 nitrogen and oxygen atoms in total. The lowest BCUT2D eigenvalue weighted by molar-refractivity contribution is -0.120. The van der Waals surface area contributed by atoms with E-state index in [0.29, 0.717) is 47.3 Å². The van der Waals surface area contributed by atoms with Gasteiger partial charge in [-0.25, -0.2) is 0 Å². The maximum Gasteiger partial charge on any atom is 0.272 e. The Kier molecular flexibility index (Phi) is 10.2. The van der Waals surface area contributed by atoms with Crippen molar-refractivity contribution in [1.82, 2.24) is 9.47 Å². The number of aryl methyl sites for hydroxylation is 2. The normalized spacial score (nSPS) is 14.9. The lowest BCUT2D eigenvalue weighted by atomic mass is 10.0. The van der Waals surface area contributed by atoms with Gasteiger partial charge in [0.05, 0.1) is 31.1 Å². The molecule has 222 valence electrons. The molecule has 3 amide bonds. The molecule has 1 aromatic heterocycles. The molecule has 42 heavy (non-hydrogen) atoms. The van der Waals surface area contributed by atoms with E-state index in [1.165, 1.54) is 0 Å². The number of nitrogens with two attached hydrogens (primary N) is 1. The van der Waals surface area contributed by atoms with Crippen LogP contribution in [0.15, 0.2) is 53.7 Å². The predicted octanol–water partition coefficient (Wildman–Crippen LogP) is 4.69. The highest BCUT2D eigenvalue weighted by Crippen LogP contribution is 2.35. The van der Waals surface area contributed by atoms with Crippen LogP contribution >= 0.6 is 0 Å². The SMILES string of the molecule is COc1cc(C)c(/N=C\[C@@H]2CCCCN2C=O)cc1OCCCC(=O)Nc1cc(C(=O)Nc2ccc(N)cc2)n(C)c1. The molecule has 2 aromatic carbocycles. The number of piperidine rings is 1. The standard InChI is InChI=1S/C31H38N6O5/c1-21-15-28(41-3)29(17-26(21)33-18-25-7-4-5-13-37(25)20-38)42-14-6-8-30(39)34-24-16-27(36(2)19-24)31(40)35-23-11-9-22(32)10-12-23/h9-12,15-20,25H,4-8,13-14,32H2,1-3H3,(H,34,39)(H,35,40)/b33-18-/t25-/m0/s1. The number of hydrogen-bond donors (Lipinski definition) is 3. The first-order chi connectivity index (χ1) is 20.3. The zero-order valence-electron chi connectivity index (χ0n) is 24.3. The van der Waals surface area contributed by atoms with Crippen molar-refractivity contribution in [3.8, 4) is 11.5 Å². The van der Waals surface area contributed by atoms with E-state index in [0.717, 1.165) is 43.5 Å². The lowest BCUT2D eigenvalue weighted by Crippen LogP contribution is -2.39. The Labute approximate surface area is 245 Å². The Bertz CT molecular complexity index is 1430. The highest BCUT2D eigenvalue weighted by atomic mass is 16.5. The molecule has 1 aliphatic heterocycles. The number of aliphatic imine (C=N–C) groups is 1. The van der Waals surface area contributed by atoms with Crippen molar-refractivity contribution in [2.75, 3.05) is 36.6 Å². The van der Waals surface area contributed by atoms with Gasteiger partial charge in [-0.05, 0) is 74.6 Å². The third-order valence-electron chi connectivity index (χ3n) is 7.09. The number of carbonyl (C=O) groups excluding carboxylic acids is 3. The summed E-state index contributed by atoms with van der Waals surface area (Å²) in [6.07, 6.45) is 8.06. The molecule has 2 heterocycles. The maximum absolute atomic E-state index is 12.7. The average Bonchev–Trinajstić information content (AvgIpc) is 3.35. The first kappa shape index (κ1) is 30.2. The van der Waals surface area contributed by atoms with Gasteiger partial charge in [0.1, 0.15) is 5.69 Å². The van der Waals surface area contributed by atoms with Gasteiger partial charge < -0.3 is 35.3 Å². The molecule has 0 bridgehead atoms. The van der Waals surface area contributed by atoms with Crippen molar-refractivity contribution in [3.05, 3.63) is 59.9 Å². The van der Waals surface area contributed by atoms with Crippen molar-refractivity contribution in [1.29, 1.82) is 0 Å². The van der Waals surface area contributed by atoms with Crippen LogP contribution in [0.25, 0.3) is 0 Å². The van der Waals surface area contributed by atoms with E-state index in [4.69, 9.17) is 15.2 Å². The van der Waals surface area contributed by atoms with Crippen LogP contribution in [0.3, 0.4) is 0 Å². The van der Waals surface area contributed by atoms with Gasteiger partial charge >= 0.3 is 0 Å². The number of carbonyl (C=O) groups is 3. The minimum Gasteiger partial charge on any atom is -0.493 e. The summed E-state index contributed by atoms with van der Waals surface area (Å²) in [5.41, 5.74) is 9.52. The molecule has 4 N–H and O–H groups in total. The Morgan fingerprint density at radius 1 is 1.10 bits per heavy atom. The topological polar surface area (TPSA) is 140 Å². The number of likely N-dealkylation sites (tertiary alicyclic amines) is 1. The molecular formula is C31H38N6O5.